The van der Waals surface area contributed by atoms with Crippen LogP contribution in [0.3, 0.4) is 0 Å². The van der Waals surface area contributed by atoms with E-state index in [1.165, 1.54) is 6.42 Å². The number of rotatable bonds is 3. The smallest absolute Gasteiger partial charge is 0.152 e. The van der Waals surface area contributed by atoms with Crippen molar-refractivity contribution < 1.29 is 9.15 Å². The lowest BCUT2D eigenvalue weighted by Crippen LogP contribution is -2.33. The highest BCUT2D eigenvalue weighted by Gasteiger charge is 2.27. The lowest BCUT2D eigenvalue weighted by molar-refractivity contribution is -0.0106. The number of nitrogens with one attached hydrogen (secondary N) is 1. The van der Waals surface area contributed by atoms with Gasteiger partial charge in [-0.15, -0.1) is 0 Å². The van der Waals surface area contributed by atoms with Crippen LogP contribution < -0.4 is 5.32 Å². The lowest BCUT2D eigenvalue weighted by atomic mass is 10.00. The number of hydrogen-bond donors (Lipinski definition) is 1. The van der Waals surface area contributed by atoms with Gasteiger partial charge in [0.2, 0.25) is 0 Å². The van der Waals surface area contributed by atoms with E-state index in [1.807, 2.05) is 25.2 Å². The number of ether oxygens (including phenoxy) is 1. The number of likely N-dealkylation sites (N-methyl/N-ethyl adjacent to an activating group) is 1. The van der Waals surface area contributed by atoms with Crippen molar-refractivity contribution in [3.8, 4) is 0 Å². The van der Waals surface area contributed by atoms with Crippen LogP contribution in [0, 0.1) is 0 Å². The van der Waals surface area contributed by atoms with Crippen LogP contribution in [0.1, 0.15) is 31.1 Å². The highest BCUT2D eigenvalue weighted by molar-refractivity contribution is 6.34. The van der Waals surface area contributed by atoms with Crippen LogP contribution in [-0.2, 0) is 4.74 Å². The summed E-state index contributed by atoms with van der Waals surface area (Å²) in [6.07, 6.45) is 3.61. The molecule has 3 rings (SSSR count). The Labute approximate surface area is 117 Å². The minimum Gasteiger partial charge on any atom is -0.458 e. The minimum atomic E-state index is 0.0868. The van der Waals surface area contributed by atoms with E-state index in [-0.39, 0.29) is 12.1 Å². The number of hydrogen-bond acceptors (Lipinski definition) is 3. The zero-order valence-electron chi connectivity index (χ0n) is 11.0. The first-order valence-electron chi connectivity index (χ1n) is 6.76. The van der Waals surface area contributed by atoms with Crippen molar-refractivity contribution in [2.45, 2.75) is 31.4 Å². The summed E-state index contributed by atoms with van der Waals surface area (Å²) in [5.41, 5.74) is 0.759. The lowest BCUT2D eigenvalue weighted by Gasteiger charge is -2.28. The number of halogens is 1. The molecule has 1 aromatic heterocycles. The Morgan fingerprint density at radius 3 is 2.95 bits per heavy atom. The summed E-state index contributed by atoms with van der Waals surface area (Å²) in [5, 5.41) is 5.00. The molecule has 0 spiro atoms. The van der Waals surface area contributed by atoms with Crippen LogP contribution in [0.25, 0.3) is 11.0 Å². The van der Waals surface area contributed by atoms with E-state index in [2.05, 4.69) is 11.4 Å². The first kappa shape index (κ1) is 13.0. The van der Waals surface area contributed by atoms with E-state index >= 15 is 0 Å². The van der Waals surface area contributed by atoms with Gasteiger partial charge in [0.05, 0.1) is 17.2 Å². The molecule has 1 fully saturated rings. The zero-order valence-corrected chi connectivity index (χ0v) is 11.7. The molecule has 1 aromatic carbocycles. The third kappa shape index (κ3) is 2.50. The summed E-state index contributed by atoms with van der Waals surface area (Å²) in [7, 11) is 1.94. The molecule has 1 N–H and O–H groups in total. The van der Waals surface area contributed by atoms with Crippen molar-refractivity contribution >= 4 is 22.6 Å². The molecule has 2 aromatic rings. The Kier molecular flexibility index (Phi) is 3.78. The number of para-hydroxylation sites is 1. The average Bonchev–Trinajstić information content (AvgIpc) is 2.86. The highest BCUT2D eigenvalue weighted by Crippen LogP contribution is 2.33. The molecule has 0 bridgehead atoms. The van der Waals surface area contributed by atoms with Crippen molar-refractivity contribution in [1.82, 2.24) is 5.32 Å². The summed E-state index contributed by atoms with van der Waals surface area (Å²) in [6.45, 7) is 0.837. The molecule has 1 saturated heterocycles. The quantitative estimate of drug-likeness (QED) is 0.925. The summed E-state index contributed by atoms with van der Waals surface area (Å²) in [6, 6.07) is 7.95. The van der Waals surface area contributed by atoms with Gasteiger partial charge in [-0.05, 0) is 38.4 Å². The molecule has 2 atom stereocenters. The third-order valence-corrected chi connectivity index (χ3v) is 4.02. The summed E-state index contributed by atoms with van der Waals surface area (Å²) >= 11 is 6.16. The van der Waals surface area contributed by atoms with E-state index in [1.54, 1.807) is 0 Å². The summed E-state index contributed by atoms with van der Waals surface area (Å²) < 4.78 is 11.8. The minimum absolute atomic E-state index is 0.0868. The largest absolute Gasteiger partial charge is 0.458 e. The molecular weight excluding hydrogens is 262 g/mol. The Bertz CT molecular complexity index is 560. The molecule has 3 nitrogen and oxygen atoms in total. The van der Waals surface area contributed by atoms with Crippen LogP contribution in [0.4, 0.5) is 0 Å². The molecule has 2 unspecified atom stereocenters. The van der Waals surface area contributed by atoms with Gasteiger partial charge >= 0.3 is 0 Å². The van der Waals surface area contributed by atoms with Crippen molar-refractivity contribution in [1.29, 1.82) is 0 Å². The van der Waals surface area contributed by atoms with Gasteiger partial charge in [-0.3, -0.25) is 0 Å². The Balaban J connectivity index is 1.94. The van der Waals surface area contributed by atoms with E-state index < -0.39 is 0 Å². The van der Waals surface area contributed by atoms with Gasteiger partial charge in [0.1, 0.15) is 5.76 Å². The fourth-order valence-electron chi connectivity index (χ4n) is 2.74. The Morgan fingerprint density at radius 1 is 1.37 bits per heavy atom. The second kappa shape index (κ2) is 5.53. The predicted molar refractivity (Wildman–Crippen MR) is 76.6 cm³/mol. The molecule has 1 aliphatic heterocycles. The van der Waals surface area contributed by atoms with E-state index in [0.29, 0.717) is 5.02 Å². The maximum atomic E-state index is 6.16. The topological polar surface area (TPSA) is 34.4 Å². The first-order valence-corrected chi connectivity index (χ1v) is 7.14. The molecule has 0 saturated carbocycles. The van der Waals surface area contributed by atoms with Crippen LogP contribution >= 0.6 is 11.6 Å². The summed E-state index contributed by atoms with van der Waals surface area (Å²) in [4.78, 5) is 0. The van der Waals surface area contributed by atoms with Gasteiger partial charge in [0.25, 0.3) is 0 Å². The Morgan fingerprint density at radius 2 is 2.26 bits per heavy atom. The number of benzene rings is 1. The van der Waals surface area contributed by atoms with E-state index in [4.69, 9.17) is 20.8 Å². The predicted octanol–water partition coefficient (Wildman–Crippen LogP) is 3.92. The van der Waals surface area contributed by atoms with Gasteiger partial charge in [-0.2, -0.15) is 0 Å². The van der Waals surface area contributed by atoms with Crippen LogP contribution in [0.15, 0.2) is 28.7 Å². The maximum Gasteiger partial charge on any atom is 0.152 e. The van der Waals surface area contributed by atoms with Gasteiger partial charge in [-0.1, -0.05) is 23.7 Å². The van der Waals surface area contributed by atoms with Gasteiger partial charge < -0.3 is 14.5 Å². The second-order valence-corrected chi connectivity index (χ2v) is 5.39. The van der Waals surface area contributed by atoms with Gasteiger partial charge in [0, 0.05) is 12.0 Å². The zero-order chi connectivity index (χ0) is 13.2. The average molecular weight is 280 g/mol. The maximum absolute atomic E-state index is 6.16. The molecule has 19 heavy (non-hydrogen) atoms. The molecular formula is C15H18ClNO2. The number of furan rings is 1. The molecule has 0 amide bonds. The van der Waals surface area contributed by atoms with E-state index in [9.17, 15) is 0 Å². The van der Waals surface area contributed by atoms with Gasteiger partial charge in [-0.25, -0.2) is 0 Å². The normalized spacial score (nSPS) is 21.7. The highest BCUT2D eigenvalue weighted by atomic mass is 35.5. The third-order valence-electron chi connectivity index (χ3n) is 3.72. The van der Waals surface area contributed by atoms with Crippen LogP contribution in [0.2, 0.25) is 5.02 Å². The fourth-order valence-corrected chi connectivity index (χ4v) is 2.96. The first-order chi connectivity index (χ1) is 9.29. The van der Waals surface area contributed by atoms with Crippen LogP contribution in [-0.4, -0.2) is 19.8 Å². The van der Waals surface area contributed by atoms with Crippen molar-refractivity contribution in [2.24, 2.45) is 0 Å². The van der Waals surface area contributed by atoms with Crippen molar-refractivity contribution in [3.05, 3.63) is 35.0 Å². The summed E-state index contributed by atoms with van der Waals surface area (Å²) in [5.74, 6) is 0.900. The van der Waals surface area contributed by atoms with Crippen LogP contribution in [0.5, 0.6) is 0 Å². The molecule has 2 heterocycles. The van der Waals surface area contributed by atoms with Crippen molar-refractivity contribution in [3.63, 3.8) is 0 Å². The Hall–Kier alpha value is -1.03. The molecule has 0 aliphatic carbocycles. The SMILES string of the molecule is CNC(c1cc2cccc(Cl)c2o1)C1CCCCO1. The molecule has 102 valence electrons. The second-order valence-electron chi connectivity index (χ2n) is 4.98. The number of fused-ring (bicyclic) bond motifs is 1. The standard InChI is InChI=1S/C15H18ClNO2/c1-17-14(12-7-2-3-8-18-12)13-9-10-5-4-6-11(16)15(10)19-13/h4-6,9,12,14,17H,2-3,7-8H2,1H3. The molecule has 4 heteroatoms. The molecule has 0 radical (unpaired) electrons. The monoisotopic (exact) mass is 279 g/mol. The van der Waals surface area contributed by atoms with Gasteiger partial charge in [0.15, 0.2) is 5.58 Å². The fraction of sp³-hybridized carbons (Fsp3) is 0.467. The van der Waals surface area contributed by atoms with Crippen molar-refractivity contribution in [2.75, 3.05) is 13.7 Å². The molecule has 1 aliphatic rings. The van der Waals surface area contributed by atoms with E-state index in [0.717, 1.165) is 36.2 Å².